The van der Waals surface area contributed by atoms with Gasteiger partial charge in [0.2, 0.25) is 0 Å². The van der Waals surface area contributed by atoms with Crippen molar-refractivity contribution in [2.75, 3.05) is 19.7 Å². The van der Waals surface area contributed by atoms with E-state index in [1.54, 1.807) is 12.1 Å². The van der Waals surface area contributed by atoms with Crippen molar-refractivity contribution in [3.63, 3.8) is 0 Å². The summed E-state index contributed by atoms with van der Waals surface area (Å²) in [5, 5.41) is 26.1. The fourth-order valence-corrected chi connectivity index (χ4v) is 1.47. The van der Waals surface area contributed by atoms with Crippen molar-refractivity contribution < 1.29 is 29.3 Å². The van der Waals surface area contributed by atoms with Crippen LogP contribution >= 0.6 is 0 Å². The Morgan fingerprint density at radius 1 is 1.14 bits per heavy atom. The number of hydrogen-bond acceptors (Lipinski definition) is 5. The largest absolute Gasteiger partial charge is 0.482 e. The third-order valence-corrected chi connectivity index (χ3v) is 2.36. The van der Waals surface area contributed by atoms with Gasteiger partial charge in [-0.1, -0.05) is 12.1 Å². The number of ether oxygens (including phenoxy) is 1. The van der Waals surface area contributed by atoms with Crippen LogP contribution in [0.15, 0.2) is 24.3 Å². The molecule has 1 rings (SSSR count). The zero-order valence-corrected chi connectivity index (χ0v) is 10.9. The summed E-state index contributed by atoms with van der Waals surface area (Å²) in [7, 11) is 0. The van der Waals surface area contributed by atoms with Gasteiger partial charge in [-0.2, -0.15) is 5.26 Å². The fraction of sp³-hybridized carbons (Fsp3) is 0.231. The first-order valence-electron chi connectivity index (χ1n) is 5.77. The number of carboxylic acid groups (broad SMARTS) is 2. The number of nitriles is 1. The lowest BCUT2D eigenvalue weighted by atomic mass is 10.2. The highest BCUT2D eigenvalue weighted by atomic mass is 16.5. The van der Waals surface area contributed by atoms with Crippen molar-refractivity contribution in [1.29, 1.82) is 5.26 Å². The third kappa shape index (κ3) is 5.20. The molecule has 1 aromatic carbocycles. The van der Waals surface area contributed by atoms with E-state index in [1.165, 1.54) is 12.1 Å². The molecule has 0 saturated heterocycles. The van der Waals surface area contributed by atoms with Crippen LogP contribution in [0.5, 0.6) is 5.75 Å². The van der Waals surface area contributed by atoms with Gasteiger partial charge in [0.1, 0.15) is 24.9 Å². The van der Waals surface area contributed by atoms with E-state index in [9.17, 15) is 14.4 Å². The second-order valence-electron chi connectivity index (χ2n) is 3.93. The highest BCUT2D eigenvalue weighted by molar-refractivity contribution is 5.86. The minimum atomic E-state index is -1.33. The van der Waals surface area contributed by atoms with Gasteiger partial charge in [-0.25, -0.2) is 0 Å². The molecular formula is C13H12N2O6. The molecule has 0 atom stereocenters. The van der Waals surface area contributed by atoms with Crippen molar-refractivity contribution in [3.8, 4) is 11.8 Å². The van der Waals surface area contributed by atoms with Gasteiger partial charge >= 0.3 is 11.9 Å². The van der Waals surface area contributed by atoms with E-state index in [2.05, 4.69) is 0 Å². The summed E-state index contributed by atoms with van der Waals surface area (Å²) in [6.07, 6.45) is 0. The van der Waals surface area contributed by atoms with Crippen molar-refractivity contribution >= 4 is 17.8 Å². The smallest absolute Gasteiger partial charge is 0.323 e. The highest BCUT2D eigenvalue weighted by Gasteiger charge is 2.20. The summed E-state index contributed by atoms with van der Waals surface area (Å²) in [4.78, 5) is 33.6. The van der Waals surface area contributed by atoms with Crippen LogP contribution in [0.2, 0.25) is 0 Å². The Hall–Kier alpha value is -3.08. The molecule has 0 unspecified atom stereocenters. The molecule has 1 aromatic rings. The number of rotatable bonds is 7. The zero-order chi connectivity index (χ0) is 15.8. The molecule has 8 nitrogen and oxygen atoms in total. The van der Waals surface area contributed by atoms with E-state index in [4.69, 9.17) is 20.2 Å². The van der Waals surface area contributed by atoms with Crippen LogP contribution in [0.1, 0.15) is 5.56 Å². The molecule has 0 aliphatic carbocycles. The van der Waals surface area contributed by atoms with E-state index in [1.807, 2.05) is 6.07 Å². The number of amides is 1. The predicted molar refractivity (Wildman–Crippen MR) is 68.5 cm³/mol. The van der Waals surface area contributed by atoms with E-state index in [0.29, 0.717) is 4.90 Å². The number of benzene rings is 1. The molecule has 0 fully saturated rings. The number of carboxylic acids is 2. The van der Waals surface area contributed by atoms with E-state index < -0.39 is 37.5 Å². The summed E-state index contributed by atoms with van der Waals surface area (Å²) in [6.45, 7) is -2.04. The minimum Gasteiger partial charge on any atom is -0.482 e. The fourth-order valence-electron chi connectivity index (χ4n) is 1.47. The second kappa shape index (κ2) is 7.49. The maximum absolute atomic E-state index is 11.8. The van der Waals surface area contributed by atoms with Gasteiger partial charge in [-0.3, -0.25) is 14.4 Å². The van der Waals surface area contributed by atoms with E-state index >= 15 is 0 Å². The van der Waals surface area contributed by atoms with Crippen LogP contribution in [0, 0.1) is 11.3 Å². The molecule has 0 heterocycles. The summed E-state index contributed by atoms with van der Waals surface area (Å²) in [6, 6.07) is 8.07. The van der Waals surface area contributed by atoms with Crippen LogP contribution in [-0.2, 0) is 14.4 Å². The summed E-state index contributed by atoms with van der Waals surface area (Å²) in [5.74, 6) is -3.30. The van der Waals surface area contributed by atoms with Crippen LogP contribution in [0.3, 0.4) is 0 Å². The Balaban J connectivity index is 2.71. The Bertz CT molecular complexity index is 577. The van der Waals surface area contributed by atoms with Crippen LogP contribution in [-0.4, -0.2) is 52.7 Å². The number of carbonyl (C=O) groups excluding carboxylic acids is 1. The summed E-state index contributed by atoms with van der Waals surface area (Å²) < 4.78 is 5.13. The number of aliphatic carboxylic acids is 2. The highest BCUT2D eigenvalue weighted by Crippen LogP contribution is 2.16. The molecule has 2 N–H and O–H groups in total. The molecular weight excluding hydrogens is 280 g/mol. The van der Waals surface area contributed by atoms with Gasteiger partial charge in [0.25, 0.3) is 5.91 Å². The SMILES string of the molecule is N#Cc1ccccc1OCC(=O)N(CC(=O)O)CC(=O)O. The molecule has 0 spiro atoms. The molecule has 0 aliphatic rings. The number of para-hydroxylation sites is 1. The molecule has 0 radical (unpaired) electrons. The topological polar surface area (TPSA) is 128 Å². The molecule has 21 heavy (non-hydrogen) atoms. The maximum Gasteiger partial charge on any atom is 0.323 e. The van der Waals surface area contributed by atoms with Gasteiger partial charge < -0.3 is 19.8 Å². The zero-order valence-electron chi connectivity index (χ0n) is 10.9. The van der Waals surface area contributed by atoms with Crippen molar-refractivity contribution in [1.82, 2.24) is 4.90 Å². The van der Waals surface area contributed by atoms with Gasteiger partial charge in [0, 0.05) is 0 Å². The first kappa shape index (κ1) is 16.0. The molecule has 1 amide bonds. The van der Waals surface area contributed by atoms with Crippen molar-refractivity contribution in [2.24, 2.45) is 0 Å². The number of hydrogen-bond donors (Lipinski definition) is 2. The van der Waals surface area contributed by atoms with Crippen molar-refractivity contribution in [2.45, 2.75) is 0 Å². The summed E-state index contributed by atoms with van der Waals surface area (Å²) in [5.41, 5.74) is 0.216. The van der Waals surface area contributed by atoms with E-state index in [0.717, 1.165) is 0 Å². The predicted octanol–water partition coefficient (Wildman–Crippen LogP) is -0.0651. The average molecular weight is 292 g/mol. The average Bonchev–Trinajstić information content (AvgIpc) is 2.43. The van der Waals surface area contributed by atoms with Gasteiger partial charge in [0.15, 0.2) is 6.61 Å². The Kier molecular flexibility index (Phi) is 5.70. The minimum absolute atomic E-state index is 0.166. The molecule has 0 saturated carbocycles. The Labute approximate surface area is 119 Å². The van der Waals surface area contributed by atoms with Crippen molar-refractivity contribution in [3.05, 3.63) is 29.8 Å². The lowest BCUT2D eigenvalue weighted by Gasteiger charge is -2.18. The first-order valence-corrected chi connectivity index (χ1v) is 5.77. The lowest BCUT2D eigenvalue weighted by Crippen LogP contribution is -2.41. The molecule has 8 heteroatoms. The number of carbonyl (C=O) groups is 3. The second-order valence-corrected chi connectivity index (χ2v) is 3.93. The normalized spacial score (nSPS) is 9.48. The lowest BCUT2D eigenvalue weighted by molar-refractivity contribution is -0.150. The summed E-state index contributed by atoms with van der Waals surface area (Å²) >= 11 is 0. The standard InChI is InChI=1S/C13H12N2O6/c14-5-9-3-1-2-4-10(9)21-8-11(16)15(6-12(17)18)7-13(19)20/h1-4H,6-8H2,(H,17,18)(H,19,20). The quantitative estimate of drug-likeness (QED) is 0.720. The van der Waals surface area contributed by atoms with E-state index in [-0.39, 0.29) is 11.3 Å². The number of nitrogens with zero attached hydrogens (tertiary/aromatic N) is 2. The third-order valence-electron chi connectivity index (χ3n) is 2.36. The monoisotopic (exact) mass is 292 g/mol. The van der Waals surface area contributed by atoms with Gasteiger partial charge in [0.05, 0.1) is 5.56 Å². The molecule has 0 bridgehead atoms. The molecule has 110 valence electrons. The van der Waals surface area contributed by atoms with Gasteiger partial charge in [-0.15, -0.1) is 0 Å². The van der Waals surface area contributed by atoms with Crippen LogP contribution in [0.4, 0.5) is 0 Å². The first-order chi connectivity index (χ1) is 9.93. The molecule has 0 aromatic heterocycles. The van der Waals surface area contributed by atoms with Crippen LogP contribution < -0.4 is 4.74 Å². The Morgan fingerprint density at radius 3 is 2.24 bits per heavy atom. The maximum atomic E-state index is 11.8. The van der Waals surface area contributed by atoms with Crippen LogP contribution in [0.25, 0.3) is 0 Å². The van der Waals surface area contributed by atoms with Gasteiger partial charge in [-0.05, 0) is 12.1 Å². The Morgan fingerprint density at radius 2 is 1.71 bits per heavy atom. The molecule has 0 aliphatic heterocycles.